The zero-order valence-corrected chi connectivity index (χ0v) is 10.1. The summed E-state index contributed by atoms with van der Waals surface area (Å²) in [4.78, 5) is 0. The van der Waals surface area contributed by atoms with Crippen LogP contribution in [0.5, 0.6) is 0 Å². The van der Waals surface area contributed by atoms with Crippen molar-refractivity contribution in [2.75, 3.05) is 20.3 Å². The van der Waals surface area contributed by atoms with E-state index in [4.69, 9.17) is 4.74 Å². The van der Waals surface area contributed by atoms with Gasteiger partial charge in [0.15, 0.2) is 0 Å². The fourth-order valence-electron chi connectivity index (χ4n) is 1.35. The highest BCUT2D eigenvalue weighted by Crippen LogP contribution is 2.09. The SMILES string of the molecule is COCCNCc1cn(C(C)C)nc1C. The van der Waals surface area contributed by atoms with Crippen LogP contribution in [0.3, 0.4) is 0 Å². The van der Waals surface area contributed by atoms with Gasteiger partial charge < -0.3 is 10.1 Å². The lowest BCUT2D eigenvalue weighted by Crippen LogP contribution is -2.18. The molecule has 4 heteroatoms. The Bertz CT molecular complexity index is 294. The summed E-state index contributed by atoms with van der Waals surface area (Å²) in [5, 5.41) is 7.77. The topological polar surface area (TPSA) is 39.1 Å². The Kier molecular flexibility index (Phi) is 4.78. The third kappa shape index (κ3) is 3.64. The van der Waals surface area contributed by atoms with Crippen LogP contribution in [-0.2, 0) is 11.3 Å². The van der Waals surface area contributed by atoms with Crippen LogP contribution in [0, 0.1) is 6.92 Å². The van der Waals surface area contributed by atoms with Crippen molar-refractivity contribution in [3.8, 4) is 0 Å². The van der Waals surface area contributed by atoms with Gasteiger partial charge in [-0.15, -0.1) is 0 Å². The minimum Gasteiger partial charge on any atom is -0.383 e. The van der Waals surface area contributed by atoms with Gasteiger partial charge in [0.2, 0.25) is 0 Å². The molecule has 0 aromatic carbocycles. The van der Waals surface area contributed by atoms with Gasteiger partial charge in [-0.25, -0.2) is 0 Å². The van der Waals surface area contributed by atoms with E-state index in [1.54, 1.807) is 7.11 Å². The number of aromatic nitrogens is 2. The van der Waals surface area contributed by atoms with E-state index in [1.165, 1.54) is 5.56 Å². The van der Waals surface area contributed by atoms with E-state index in [0.717, 1.165) is 25.4 Å². The van der Waals surface area contributed by atoms with Crippen molar-refractivity contribution in [2.24, 2.45) is 0 Å². The molecule has 0 unspecified atom stereocenters. The second-order valence-corrected chi connectivity index (χ2v) is 3.98. The zero-order chi connectivity index (χ0) is 11.3. The van der Waals surface area contributed by atoms with Crippen LogP contribution in [-0.4, -0.2) is 30.0 Å². The minimum atomic E-state index is 0.427. The summed E-state index contributed by atoms with van der Waals surface area (Å²) >= 11 is 0. The number of aryl methyl sites for hydroxylation is 1. The lowest BCUT2D eigenvalue weighted by Gasteiger charge is -2.03. The molecule has 0 amide bonds. The Morgan fingerprint density at radius 1 is 1.53 bits per heavy atom. The maximum absolute atomic E-state index is 4.97. The van der Waals surface area contributed by atoms with Gasteiger partial charge in [0.25, 0.3) is 0 Å². The molecular formula is C11H21N3O. The van der Waals surface area contributed by atoms with Crippen molar-refractivity contribution in [3.05, 3.63) is 17.5 Å². The van der Waals surface area contributed by atoms with Crippen LogP contribution in [0.15, 0.2) is 6.20 Å². The molecule has 4 nitrogen and oxygen atoms in total. The van der Waals surface area contributed by atoms with Crippen LogP contribution in [0.2, 0.25) is 0 Å². The molecule has 0 bridgehead atoms. The summed E-state index contributed by atoms with van der Waals surface area (Å²) in [6.07, 6.45) is 2.11. The molecule has 1 aromatic heterocycles. The number of hydrogen-bond donors (Lipinski definition) is 1. The van der Waals surface area contributed by atoms with Crippen LogP contribution in [0.25, 0.3) is 0 Å². The molecule has 1 N–H and O–H groups in total. The molecule has 0 aliphatic rings. The van der Waals surface area contributed by atoms with Gasteiger partial charge in [0.1, 0.15) is 0 Å². The summed E-state index contributed by atoms with van der Waals surface area (Å²) in [7, 11) is 1.71. The smallest absolute Gasteiger partial charge is 0.0638 e. The third-order valence-corrected chi connectivity index (χ3v) is 2.35. The van der Waals surface area contributed by atoms with Crippen LogP contribution >= 0.6 is 0 Å². The fraction of sp³-hybridized carbons (Fsp3) is 0.727. The highest BCUT2D eigenvalue weighted by Gasteiger charge is 2.05. The molecular weight excluding hydrogens is 190 g/mol. The van der Waals surface area contributed by atoms with Gasteiger partial charge >= 0.3 is 0 Å². The van der Waals surface area contributed by atoms with E-state index in [0.29, 0.717) is 6.04 Å². The largest absolute Gasteiger partial charge is 0.383 e. The summed E-state index contributed by atoms with van der Waals surface area (Å²) in [5.41, 5.74) is 2.37. The molecule has 15 heavy (non-hydrogen) atoms. The number of methoxy groups -OCH3 is 1. The van der Waals surface area contributed by atoms with Gasteiger partial charge in [0.05, 0.1) is 12.3 Å². The highest BCUT2D eigenvalue weighted by molar-refractivity contribution is 5.15. The molecule has 1 heterocycles. The summed E-state index contributed by atoms with van der Waals surface area (Å²) in [5.74, 6) is 0. The van der Waals surface area contributed by atoms with E-state index in [1.807, 2.05) is 11.6 Å². The van der Waals surface area contributed by atoms with Crippen molar-refractivity contribution >= 4 is 0 Å². The number of rotatable bonds is 6. The van der Waals surface area contributed by atoms with Crippen LogP contribution < -0.4 is 5.32 Å². The average molecular weight is 211 g/mol. The maximum Gasteiger partial charge on any atom is 0.0638 e. The quantitative estimate of drug-likeness (QED) is 0.725. The second kappa shape index (κ2) is 5.88. The van der Waals surface area contributed by atoms with Gasteiger partial charge in [-0.2, -0.15) is 5.10 Å². The van der Waals surface area contributed by atoms with E-state index >= 15 is 0 Å². The fourth-order valence-corrected chi connectivity index (χ4v) is 1.35. The van der Waals surface area contributed by atoms with Crippen LogP contribution in [0.4, 0.5) is 0 Å². The highest BCUT2D eigenvalue weighted by atomic mass is 16.5. The molecule has 0 saturated heterocycles. The Morgan fingerprint density at radius 2 is 2.27 bits per heavy atom. The molecule has 0 aliphatic carbocycles. The maximum atomic E-state index is 4.97. The number of hydrogen-bond acceptors (Lipinski definition) is 3. The molecule has 1 aromatic rings. The first-order chi connectivity index (χ1) is 7.15. The van der Waals surface area contributed by atoms with Crippen molar-refractivity contribution in [1.82, 2.24) is 15.1 Å². The van der Waals surface area contributed by atoms with Gasteiger partial charge in [-0.05, 0) is 20.8 Å². The molecule has 1 rings (SSSR count). The Morgan fingerprint density at radius 3 is 2.80 bits per heavy atom. The molecule has 0 fully saturated rings. The molecule has 0 spiro atoms. The second-order valence-electron chi connectivity index (χ2n) is 3.98. The average Bonchev–Trinajstić information content (AvgIpc) is 2.55. The number of nitrogens with one attached hydrogen (secondary N) is 1. The van der Waals surface area contributed by atoms with Gasteiger partial charge in [-0.1, -0.05) is 0 Å². The monoisotopic (exact) mass is 211 g/mol. The van der Waals surface area contributed by atoms with E-state index in [2.05, 4.69) is 30.5 Å². The third-order valence-electron chi connectivity index (χ3n) is 2.35. The van der Waals surface area contributed by atoms with Gasteiger partial charge in [0, 0.05) is 38.0 Å². The predicted octanol–water partition coefficient (Wildman–Crippen LogP) is 1.51. The summed E-state index contributed by atoms with van der Waals surface area (Å²) < 4.78 is 6.97. The minimum absolute atomic E-state index is 0.427. The predicted molar refractivity (Wildman–Crippen MR) is 60.9 cm³/mol. The molecule has 0 aliphatic heterocycles. The Labute approximate surface area is 91.6 Å². The van der Waals surface area contributed by atoms with E-state index in [9.17, 15) is 0 Å². The lowest BCUT2D eigenvalue weighted by atomic mass is 10.2. The molecule has 86 valence electrons. The van der Waals surface area contributed by atoms with Crippen molar-refractivity contribution in [3.63, 3.8) is 0 Å². The van der Waals surface area contributed by atoms with Crippen molar-refractivity contribution in [2.45, 2.75) is 33.4 Å². The summed E-state index contributed by atoms with van der Waals surface area (Å²) in [6, 6.07) is 0.427. The van der Waals surface area contributed by atoms with Crippen molar-refractivity contribution < 1.29 is 4.74 Å². The van der Waals surface area contributed by atoms with Crippen molar-refractivity contribution in [1.29, 1.82) is 0 Å². The first-order valence-electron chi connectivity index (χ1n) is 5.39. The molecule has 0 atom stereocenters. The van der Waals surface area contributed by atoms with Gasteiger partial charge in [-0.3, -0.25) is 4.68 Å². The normalized spacial score (nSPS) is 11.3. The molecule has 0 radical (unpaired) electrons. The van der Waals surface area contributed by atoms with Crippen LogP contribution in [0.1, 0.15) is 31.1 Å². The molecule has 0 saturated carbocycles. The Hall–Kier alpha value is -0.870. The zero-order valence-electron chi connectivity index (χ0n) is 10.1. The first-order valence-corrected chi connectivity index (χ1v) is 5.39. The van der Waals surface area contributed by atoms with E-state index < -0.39 is 0 Å². The number of nitrogens with zero attached hydrogens (tertiary/aromatic N) is 2. The van der Waals surface area contributed by atoms with E-state index in [-0.39, 0.29) is 0 Å². The lowest BCUT2D eigenvalue weighted by molar-refractivity contribution is 0.199. The first kappa shape index (κ1) is 12.2. The summed E-state index contributed by atoms with van der Waals surface area (Å²) in [6.45, 7) is 8.80. The number of ether oxygens (including phenoxy) is 1. The standard InChI is InChI=1S/C11H21N3O/c1-9(2)14-8-11(10(3)13-14)7-12-5-6-15-4/h8-9,12H,5-7H2,1-4H3. The Balaban J connectivity index is 2.46.